The van der Waals surface area contributed by atoms with E-state index in [0.29, 0.717) is 20.7 Å². The van der Waals surface area contributed by atoms with Gasteiger partial charge in [-0.15, -0.1) is 0 Å². The van der Waals surface area contributed by atoms with Crippen LogP contribution in [0.4, 0.5) is 0 Å². The fraction of sp³-hybridized carbons (Fsp3) is 0. The van der Waals surface area contributed by atoms with Gasteiger partial charge in [0.15, 0.2) is 5.06 Å². The van der Waals surface area contributed by atoms with E-state index in [4.69, 9.17) is 21.6 Å². The quantitative estimate of drug-likeness (QED) is 0.786. The van der Waals surface area contributed by atoms with Gasteiger partial charge in [0.25, 0.3) is 0 Å². The molecule has 15 heavy (non-hydrogen) atoms. The van der Waals surface area contributed by atoms with Gasteiger partial charge in [-0.05, 0) is 30.3 Å². The third-order valence-electron chi connectivity index (χ3n) is 1.71. The molecule has 1 aromatic carbocycles. The molecular weight excluding hydrogens is 230 g/mol. The second kappa shape index (κ2) is 4.35. The van der Waals surface area contributed by atoms with E-state index in [-0.39, 0.29) is 0 Å². The van der Waals surface area contributed by atoms with Gasteiger partial charge in [0.2, 0.25) is 0 Å². The monoisotopic (exact) mass is 235 g/mol. The Bertz CT molecular complexity index is 515. The molecule has 1 aromatic heterocycles. The van der Waals surface area contributed by atoms with Gasteiger partial charge in [0.05, 0.1) is 0 Å². The summed E-state index contributed by atoms with van der Waals surface area (Å²) in [7, 11) is 0. The van der Waals surface area contributed by atoms with Crippen LogP contribution in [0.25, 0.3) is 0 Å². The number of nitrogens with zero attached hydrogens (tertiary/aromatic N) is 1. The number of nitriles is 1. The van der Waals surface area contributed by atoms with Crippen LogP contribution in [0.15, 0.2) is 36.4 Å². The summed E-state index contributed by atoms with van der Waals surface area (Å²) in [4.78, 5) is 0.632. The summed E-state index contributed by atoms with van der Waals surface area (Å²) in [5.41, 5.74) is 0. The normalized spacial score (nSPS) is 9.60. The standard InChI is InChI=1S/C11H6ClNOS/c12-8-2-1-3-9(6-8)14-11-5-4-10(7-13)15-11/h1-6H. The van der Waals surface area contributed by atoms with Crippen molar-refractivity contribution in [2.45, 2.75) is 0 Å². The van der Waals surface area contributed by atoms with Gasteiger partial charge in [0, 0.05) is 5.02 Å². The maximum absolute atomic E-state index is 8.64. The summed E-state index contributed by atoms with van der Waals surface area (Å²) < 4.78 is 5.52. The molecule has 2 rings (SSSR count). The Balaban J connectivity index is 2.19. The molecule has 4 heteroatoms. The minimum atomic E-state index is 0.629. The Morgan fingerprint density at radius 1 is 1.27 bits per heavy atom. The third-order valence-corrected chi connectivity index (χ3v) is 2.81. The van der Waals surface area contributed by atoms with Crippen LogP contribution in [0.2, 0.25) is 5.02 Å². The van der Waals surface area contributed by atoms with E-state index >= 15 is 0 Å². The predicted molar refractivity (Wildman–Crippen MR) is 60.6 cm³/mol. The molecule has 74 valence electrons. The molecule has 0 fully saturated rings. The number of halogens is 1. The highest BCUT2D eigenvalue weighted by Gasteiger charge is 2.01. The van der Waals surface area contributed by atoms with Gasteiger partial charge in [-0.25, -0.2) is 0 Å². The average Bonchev–Trinajstić information content (AvgIpc) is 2.65. The zero-order chi connectivity index (χ0) is 10.7. The summed E-state index contributed by atoms with van der Waals surface area (Å²) in [6.07, 6.45) is 0. The molecule has 0 saturated carbocycles. The first-order chi connectivity index (χ1) is 7.28. The fourth-order valence-electron chi connectivity index (χ4n) is 1.08. The Morgan fingerprint density at radius 3 is 2.80 bits per heavy atom. The van der Waals surface area contributed by atoms with Gasteiger partial charge in [-0.3, -0.25) is 0 Å². The number of thiophene rings is 1. The van der Waals surface area contributed by atoms with Crippen LogP contribution in [0, 0.1) is 11.3 Å². The fourth-order valence-corrected chi connectivity index (χ4v) is 1.93. The Morgan fingerprint density at radius 2 is 2.13 bits per heavy atom. The van der Waals surface area contributed by atoms with Crippen molar-refractivity contribution in [2.75, 3.05) is 0 Å². The van der Waals surface area contributed by atoms with Crippen LogP contribution >= 0.6 is 22.9 Å². The second-order valence-corrected chi connectivity index (χ2v) is 4.27. The lowest BCUT2D eigenvalue weighted by Crippen LogP contribution is -1.79. The summed E-state index contributed by atoms with van der Waals surface area (Å²) in [6.45, 7) is 0. The van der Waals surface area contributed by atoms with Crippen molar-refractivity contribution in [1.82, 2.24) is 0 Å². The average molecular weight is 236 g/mol. The van der Waals surface area contributed by atoms with Gasteiger partial charge in [0.1, 0.15) is 16.7 Å². The molecule has 0 unspecified atom stereocenters. The van der Waals surface area contributed by atoms with Gasteiger partial charge in [-0.2, -0.15) is 5.26 Å². The highest BCUT2D eigenvalue weighted by molar-refractivity contribution is 7.14. The number of benzene rings is 1. The lowest BCUT2D eigenvalue weighted by Gasteiger charge is -2.01. The van der Waals surface area contributed by atoms with Crippen molar-refractivity contribution in [3.05, 3.63) is 46.3 Å². The maximum Gasteiger partial charge on any atom is 0.182 e. The first-order valence-electron chi connectivity index (χ1n) is 4.21. The first-order valence-corrected chi connectivity index (χ1v) is 5.41. The summed E-state index contributed by atoms with van der Waals surface area (Å²) in [5.74, 6) is 0.675. The molecule has 0 N–H and O–H groups in total. The highest BCUT2D eigenvalue weighted by atomic mass is 35.5. The van der Waals surface area contributed by atoms with Crippen LogP contribution < -0.4 is 4.74 Å². The van der Waals surface area contributed by atoms with Crippen LogP contribution in [-0.4, -0.2) is 0 Å². The van der Waals surface area contributed by atoms with E-state index < -0.39 is 0 Å². The Kier molecular flexibility index (Phi) is 2.91. The molecule has 0 amide bonds. The zero-order valence-electron chi connectivity index (χ0n) is 7.61. The Labute approximate surface area is 96.3 Å². The maximum atomic E-state index is 8.64. The number of ether oxygens (including phenoxy) is 1. The predicted octanol–water partition coefficient (Wildman–Crippen LogP) is 4.07. The van der Waals surface area contributed by atoms with Crippen LogP contribution in [0.5, 0.6) is 10.8 Å². The molecule has 0 atom stereocenters. The van der Waals surface area contributed by atoms with Crippen molar-refractivity contribution in [3.63, 3.8) is 0 Å². The largest absolute Gasteiger partial charge is 0.447 e. The van der Waals surface area contributed by atoms with Gasteiger partial charge < -0.3 is 4.74 Å². The molecular formula is C11H6ClNOS. The van der Waals surface area contributed by atoms with E-state index in [0.717, 1.165) is 0 Å². The molecule has 0 aliphatic rings. The van der Waals surface area contributed by atoms with Crippen molar-refractivity contribution in [2.24, 2.45) is 0 Å². The summed E-state index contributed by atoms with van der Waals surface area (Å²) in [6, 6.07) is 12.7. The molecule has 0 aliphatic heterocycles. The zero-order valence-corrected chi connectivity index (χ0v) is 9.18. The molecule has 0 radical (unpaired) electrons. The van der Waals surface area contributed by atoms with Crippen LogP contribution in [0.1, 0.15) is 4.88 Å². The van der Waals surface area contributed by atoms with E-state index in [1.807, 2.05) is 12.1 Å². The van der Waals surface area contributed by atoms with Gasteiger partial charge >= 0.3 is 0 Å². The SMILES string of the molecule is N#Cc1ccc(Oc2cccc(Cl)c2)s1. The van der Waals surface area contributed by atoms with E-state index in [2.05, 4.69) is 6.07 Å². The molecule has 0 saturated heterocycles. The van der Waals surface area contributed by atoms with Crippen LogP contribution in [-0.2, 0) is 0 Å². The third kappa shape index (κ3) is 2.50. The van der Waals surface area contributed by atoms with E-state index in [1.54, 1.807) is 24.3 Å². The lowest BCUT2D eigenvalue weighted by molar-refractivity contribution is 0.496. The van der Waals surface area contributed by atoms with Crippen molar-refractivity contribution >= 4 is 22.9 Å². The minimum Gasteiger partial charge on any atom is -0.447 e. The molecule has 0 bridgehead atoms. The van der Waals surface area contributed by atoms with Crippen molar-refractivity contribution < 1.29 is 4.74 Å². The number of hydrogen-bond acceptors (Lipinski definition) is 3. The Hall–Kier alpha value is -1.50. The number of rotatable bonds is 2. The smallest absolute Gasteiger partial charge is 0.182 e. The lowest BCUT2D eigenvalue weighted by atomic mass is 10.3. The molecule has 2 aromatic rings. The van der Waals surface area contributed by atoms with Crippen molar-refractivity contribution in [1.29, 1.82) is 5.26 Å². The van der Waals surface area contributed by atoms with E-state index in [1.165, 1.54) is 11.3 Å². The van der Waals surface area contributed by atoms with Crippen molar-refractivity contribution in [3.8, 4) is 16.9 Å². The second-order valence-electron chi connectivity index (χ2n) is 2.79. The highest BCUT2D eigenvalue weighted by Crippen LogP contribution is 2.29. The summed E-state index contributed by atoms with van der Waals surface area (Å²) >= 11 is 7.12. The molecule has 1 heterocycles. The van der Waals surface area contributed by atoms with E-state index in [9.17, 15) is 0 Å². The topological polar surface area (TPSA) is 33.0 Å². The van der Waals surface area contributed by atoms with Crippen LogP contribution in [0.3, 0.4) is 0 Å². The molecule has 0 spiro atoms. The number of hydrogen-bond donors (Lipinski definition) is 0. The molecule has 0 aliphatic carbocycles. The first kappa shape index (κ1) is 10.0. The minimum absolute atomic E-state index is 0.629. The molecule has 2 nitrogen and oxygen atoms in total. The summed E-state index contributed by atoms with van der Waals surface area (Å²) in [5, 5.41) is 9.96. The van der Waals surface area contributed by atoms with Gasteiger partial charge in [-0.1, -0.05) is 29.0 Å².